The zero-order valence-electron chi connectivity index (χ0n) is 52.7. The molecule has 0 saturated carbocycles. The summed E-state index contributed by atoms with van der Waals surface area (Å²) in [6.45, 7) is 18.2. The van der Waals surface area contributed by atoms with Gasteiger partial charge in [0.25, 0.3) is 0 Å². The molecular weight excluding hydrogens is 1180 g/mol. The average molecular weight is 1280 g/mol. The van der Waals surface area contributed by atoms with Gasteiger partial charge in [-0.15, -0.1) is 0 Å². The van der Waals surface area contributed by atoms with Gasteiger partial charge in [-0.25, -0.2) is 13.8 Å². The zero-order chi connectivity index (χ0) is 64.8. The largest absolute Gasteiger partial charge is 0.379 e. The quantitative estimate of drug-likeness (QED) is 0.0398. The Hall–Kier alpha value is -6.01. The molecule has 498 valence electrons. The maximum absolute atomic E-state index is 15.2. The second-order valence-corrected chi connectivity index (χ2v) is 23.5. The Morgan fingerprint density at radius 3 is 1.83 bits per heavy atom. The predicted octanol–water partition coefficient (Wildman–Crippen LogP) is 3.67. The first-order valence-electron chi connectivity index (χ1n) is 30.5. The minimum Gasteiger partial charge on any atom is -0.379 e. The van der Waals surface area contributed by atoms with E-state index in [1.54, 1.807) is 31.9 Å². The van der Waals surface area contributed by atoms with Crippen molar-refractivity contribution in [1.82, 2.24) is 40.6 Å². The third kappa shape index (κ3) is 29.7. The molecule has 3 atom stereocenters. The highest BCUT2D eigenvalue weighted by atomic mass is 32.2. The number of halogens is 2. The van der Waals surface area contributed by atoms with Gasteiger partial charge in [0.2, 0.25) is 41.4 Å². The molecule has 24 nitrogen and oxygen atoms in total. The van der Waals surface area contributed by atoms with Gasteiger partial charge in [-0.1, -0.05) is 71.9 Å². The topological polar surface area (TPSA) is 292 Å². The molecule has 27 heteroatoms. The molecule has 1 aliphatic rings. The van der Waals surface area contributed by atoms with Crippen molar-refractivity contribution in [3.63, 3.8) is 0 Å². The first kappa shape index (κ1) is 75.4. The molecule has 89 heavy (non-hydrogen) atoms. The second-order valence-electron chi connectivity index (χ2n) is 22.4. The number of ether oxygens (including phenoxy) is 8. The van der Waals surface area contributed by atoms with E-state index in [0.717, 1.165) is 28.7 Å². The number of amides is 7. The Morgan fingerprint density at radius 2 is 1.29 bits per heavy atom. The molecule has 1 saturated heterocycles. The van der Waals surface area contributed by atoms with Crippen molar-refractivity contribution < 1.29 is 80.2 Å². The molecule has 1 aliphatic heterocycles. The summed E-state index contributed by atoms with van der Waals surface area (Å²) in [7, 11) is 0. The first-order chi connectivity index (χ1) is 42.8. The smallest absolute Gasteiger partial charge is 0.243 e. The van der Waals surface area contributed by atoms with Crippen molar-refractivity contribution in [3.05, 3.63) is 77.8 Å². The maximum Gasteiger partial charge on any atom is 0.243 e. The van der Waals surface area contributed by atoms with Gasteiger partial charge in [0.15, 0.2) is 0 Å². The van der Waals surface area contributed by atoms with Crippen molar-refractivity contribution >= 4 is 53.1 Å². The Bertz CT molecular complexity index is 2600. The van der Waals surface area contributed by atoms with Crippen molar-refractivity contribution in [2.75, 3.05) is 156 Å². The lowest BCUT2D eigenvalue weighted by atomic mass is 9.84. The third-order valence-electron chi connectivity index (χ3n) is 13.7. The molecule has 1 aromatic heterocycles. The summed E-state index contributed by atoms with van der Waals surface area (Å²) in [6.07, 6.45) is 2.47. The van der Waals surface area contributed by atoms with Gasteiger partial charge >= 0.3 is 0 Å². The number of hydrogen-bond donors (Lipinski definition) is 5. The molecule has 2 aromatic carbocycles. The zero-order valence-corrected chi connectivity index (χ0v) is 53.5. The van der Waals surface area contributed by atoms with Crippen LogP contribution in [0.15, 0.2) is 54.7 Å². The summed E-state index contributed by atoms with van der Waals surface area (Å²) in [5.74, 6) is -3.08. The van der Waals surface area contributed by atoms with Gasteiger partial charge in [0, 0.05) is 75.4 Å². The number of hydrogen-bond acceptors (Lipinski definition) is 18. The highest BCUT2D eigenvalue weighted by Crippen LogP contribution is 2.40. The fraction of sp³-hybridized carbons (Fsp3) is 0.645. The van der Waals surface area contributed by atoms with Crippen molar-refractivity contribution in [2.45, 2.75) is 85.9 Å². The molecule has 3 aromatic rings. The van der Waals surface area contributed by atoms with Crippen LogP contribution in [0.3, 0.4) is 0 Å². The van der Waals surface area contributed by atoms with Gasteiger partial charge in [0.1, 0.15) is 23.5 Å². The van der Waals surface area contributed by atoms with E-state index in [-0.39, 0.29) is 110 Å². The van der Waals surface area contributed by atoms with E-state index in [9.17, 15) is 38.0 Å². The number of carbonyl (C=O) groups is 7. The third-order valence-corrected chi connectivity index (χ3v) is 14.6. The summed E-state index contributed by atoms with van der Waals surface area (Å²) < 4.78 is 75.5. The number of rotatable bonds is 48. The summed E-state index contributed by atoms with van der Waals surface area (Å²) in [6, 6.07) is 11.4. The van der Waals surface area contributed by atoms with Gasteiger partial charge < -0.3 is 74.4 Å². The number of thioether (sulfide) groups is 1. The normalized spacial score (nSPS) is 14.1. The van der Waals surface area contributed by atoms with E-state index < -0.39 is 40.9 Å². The Labute approximate surface area is 526 Å². The van der Waals surface area contributed by atoms with E-state index >= 15 is 4.39 Å². The molecule has 2 unspecified atom stereocenters. The fourth-order valence-corrected chi connectivity index (χ4v) is 9.84. The number of carbonyl (C=O) groups excluding carboxylic acids is 7. The Balaban J connectivity index is 0.973. The molecule has 0 aliphatic carbocycles. The molecule has 0 radical (unpaired) electrons. The number of benzene rings is 2. The van der Waals surface area contributed by atoms with E-state index in [1.165, 1.54) is 11.8 Å². The van der Waals surface area contributed by atoms with Gasteiger partial charge in [-0.2, -0.15) is 11.8 Å². The van der Waals surface area contributed by atoms with Crippen LogP contribution in [0, 0.1) is 28.9 Å². The molecule has 0 bridgehead atoms. The molecule has 7 amide bonds. The molecule has 0 spiro atoms. The van der Waals surface area contributed by atoms with Crippen molar-refractivity contribution in [2.24, 2.45) is 23.0 Å². The second kappa shape index (κ2) is 42.9. The van der Waals surface area contributed by atoms with Crippen LogP contribution in [0.1, 0.15) is 84.7 Å². The lowest BCUT2D eigenvalue weighted by Crippen LogP contribution is -2.51. The van der Waals surface area contributed by atoms with E-state index in [2.05, 4.69) is 21.3 Å². The van der Waals surface area contributed by atoms with Crippen molar-refractivity contribution in [1.29, 1.82) is 0 Å². The lowest BCUT2D eigenvalue weighted by Gasteiger charge is -2.40. The Morgan fingerprint density at radius 1 is 0.730 bits per heavy atom. The maximum atomic E-state index is 15.2. The molecular formula is C62H95F2N9O15S. The average Bonchev–Trinajstić information content (AvgIpc) is 1.81. The summed E-state index contributed by atoms with van der Waals surface area (Å²) in [5, 5.41) is 10.8. The number of nitrogens with zero attached hydrogens (tertiary/aromatic N) is 4. The van der Waals surface area contributed by atoms with E-state index in [1.807, 2.05) is 55.7 Å². The van der Waals surface area contributed by atoms with Crippen LogP contribution in [0.5, 0.6) is 0 Å². The lowest BCUT2D eigenvalue weighted by molar-refractivity contribution is -0.139. The molecule has 4 rings (SSSR count). The molecule has 6 N–H and O–H groups in total. The number of nitrogens with one attached hydrogen (secondary N) is 4. The van der Waals surface area contributed by atoms with Crippen LogP contribution in [0.2, 0.25) is 0 Å². The van der Waals surface area contributed by atoms with Crippen LogP contribution in [-0.2, 0) is 78.0 Å². The summed E-state index contributed by atoms with van der Waals surface area (Å²) in [5.41, 5.74) is 6.60. The predicted molar refractivity (Wildman–Crippen MR) is 330 cm³/mol. The number of nitrogens with two attached hydrogens (primary N) is 1. The number of aromatic nitrogens is 2. The van der Waals surface area contributed by atoms with Crippen LogP contribution < -0.4 is 27.0 Å². The van der Waals surface area contributed by atoms with Crippen LogP contribution in [0.4, 0.5) is 8.78 Å². The van der Waals surface area contributed by atoms with Crippen LogP contribution >= 0.6 is 11.8 Å². The summed E-state index contributed by atoms with van der Waals surface area (Å²) in [4.78, 5) is 96.4. The highest BCUT2D eigenvalue weighted by Gasteiger charge is 2.39. The van der Waals surface area contributed by atoms with Crippen LogP contribution in [-0.4, -0.2) is 223 Å². The van der Waals surface area contributed by atoms with Gasteiger partial charge in [-0.3, -0.25) is 38.5 Å². The number of imidazole rings is 1. The van der Waals surface area contributed by atoms with Gasteiger partial charge in [0.05, 0.1) is 130 Å². The van der Waals surface area contributed by atoms with Gasteiger partial charge in [-0.05, 0) is 48.1 Å². The minimum atomic E-state index is -0.887. The van der Waals surface area contributed by atoms with E-state index in [0.29, 0.717) is 137 Å². The SMILES string of the molecule is CC1CC(=O)N(CCC(=O)NCCOCCOCCOCCOCCOCCOCCOCCOCCC(=O)NC(C(=O)NCC(=O)NCCSCC(=O)N(CCCN)[C@@H](c2nc(-c3cc(F)ccc3F)cn2Cc2ccccc2)C(C)(C)C)C(C)C)C1=O. The first-order valence-corrected chi connectivity index (χ1v) is 31.7. The molecule has 2 heterocycles. The standard InChI is InChI=1S/C62H95F2N9O15S/c1-45(2)57(70-53(75)16-22-81-24-26-83-28-30-85-32-34-87-36-37-88-35-33-86-31-29-84-27-25-82-23-18-66-52(74)15-21-73-55(77)39-46(3)61(73)80)60(79)68-41-54(76)67-19-38-89-44-56(78)72(20-10-17-65)58(62(4,5)6)59-69-51(49-40-48(63)13-14-50(49)64)43-71(59)42-47-11-8-7-9-12-47/h7-9,11-14,40,43,45-46,57-58H,10,15-39,41-42,44,65H2,1-6H3,(H,66,74)(H,67,76)(H,68,79)(H,70,75)/t46?,57?,58-/m0/s1. The highest BCUT2D eigenvalue weighted by molar-refractivity contribution is 7.99. The van der Waals surface area contributed by atoms with E-state index in [4.69, 9.17) is 48.6 Å². The molecule has 1 fully saturated rings. The van der Waals surface area contributed by atoms with Crippen LogP contribution in [0.25, 0.3) is 11.3 Å². The number of imide groups is 1. The monoisotopic (exact) mass is 1280 g/mol. The Kier molecular flexibility index (Phi) is 36.4. The minimum absolute atomic E-state index is 0.00960. The summed E-state index contributed by atoms with van der Waals surface area (Å²) >= 11 is 1.33. The number of likely N-dealkylation sites (tertiary alicyclic amines) is 1. The van der Waals surface area contributed by atoms with Crippen molar-refractivity contribution in [3.8, 4) is 11.3 Å². The fourth-order valence-electron chi connectivity index (χ4n) is 9.11.